The van der Waals surface area contributed by atoms with Crippen molar-refractivity contribution in [2.45, 2.75) is 33.2 Å². The average Bonchev–Trinajstić information content (AvgIpc) is 1.96. The molecule has 0 spiro atoms. The monoisotopic (exact) mass is 139 g/mol. The highest BCUT2D eigenvalue weighted by Crippen LogP contribution is 2.32. The van der Waals surface area contributed by atoms with Crippen molar-refractivity contribution in [2.24, 2.45) is 5.92 Å². The second-order valence-corrected chi connectivity index (χ2v) is 3.02. The number of allylic oxidation sites excluding steroid dienone is 1. The number of nitrogens with one attached hydrogen (secondary N) is 1. The minimum Gasteiger partial charge on any atom is -0.313 e. The van der Waals surface area contributed by atoms with Gasteiger partial charge < -0.3 is 5.32 Å². The molecule has 58 valence electrons. The van der Waals surface area contributed by atoms with E-state index in [1.165, 1.54) is 6.42 Å². The quantitative estimate of drug-likeness (QED) is 0.577. The second-order valence-electron chi connectivity index (χ2n) is 3.02. The minimum atomic E-state index is 0.760. The molecular formula is C9H17N. The van der Waals surface area contributed by atoms with E-state index in [4.69, 9.17) is 0 Å². The van der Waals surface area contributed by atoms with E-state index in [9.17, 15) is 0 Å². The summed E-state index contributed by atoms with van der Waals surface area (Å²) in [6, 6.07) is 0.760. The summed E-state index contributed by atoms with van der Waals surface area (Å²) in [5.74, 6) is 0.782. The SMILES string of the molecule is C/C=C1/CC(NCC)C1C. The summed E-state index contributed by atoms with van der Waals surface area (Å²) in [7, 11) is 0. The number of hydrogen-bond acceptors (Lipinski definition) is 1. The van der Waals surface area contributed by atoms with Crippen LogP contribution >= 0.6 is 0 Å². The lowest BCUT2D eigenvalue weighted by Crippen LogP contribution is -2.44. The Morgan fingerprint density at radius 3 is 2.80 bits per heavy atom. The van der Waals surface area contributed by atoms with Crippen LogP contribution in [0.25, 0.3) is 0 Å². The Labute approximate surface area is 63.5 Å². The molecule has 0 aromatic rings. The minimum absolute atomic E-state index is 0.760. The molecule has 1 aliphatic carbocycles. The van der Waals surface area contributed by atoms with Crippen molar-refractivity contribution < 1.29 is 0 Å². The fourth-order valence-corrected chi connectivity index (χ4v) is 1.61. The number of hydrogen-bond donors (Lipinski definition) is 1. The van der Waals surface area contributed by atoms with Gasteiger partial charge in [0.2, 0.25) is 0 Å². The molecule has 0 radical (unpaired) electrons. The third-order valence-electron chi connectivity index (χ3n) is 2.48. The van der Waals surface area contributed by atoms with E-state index in [-0.39, 0.29) is 0 Å². The highest BCUT2D eigenvalue weighted by Gasteiger charge is 2.30. The molecule has 0 aliphatic heterocycles. The van der Waals surface area contributed by atoms with Crippen molar-refractivity contribution in [3.05, 3.63) is 11.6 Å². The van der Waals surface area contributed by atoms with E-state index in [1.54, 1.807) is 5.57 Å². The maximum atomic E-state index is 3.46. The third-order valence-corrected chi connectivity index (χ3v) is 2.48. The van der Waals surface area contributed by atoms with Crippen molar-refractivity contribution in [3.63, 3.8) is 0 Å². The Balaban J connectivity index is 2.32. The molecular weight excluding hydrogens is 122 g/mol. The van der Waals surface area contributed by atoms with Crippen LogP contribution in [-0.4, -0.2) is 12.6 Å². The van der Waals surface area contributed by atoms with Crippen molar-refractivity contribution >= 4 is 0 Å². The summed E-state index contributed by atoms with van der Waals surface area (Å²) >= 11 is 0. The van der Waals surface area contributed by atoms with Crippen LogP contribution in [0, 0.1) is 5.92 Å². The lowest BCUT2D eigenvalue weighted by Gasteiger charge is -2.37. The molecule has 1 aliphatic rings. The molecule has 1 nitrogen and oxygen atoms in total. The first-order valence-corrected chi connectivity index (χ1v) is 4.18. The van der Waals surface area contributed by atoms with Crippen molar-refractivity contribution in [2.75, 3.05) is 6.54 Å². The first kappa shape index (κ1) is 7.80. The molecule has 1 fully saturated rings. The van der Waals surface area contributed by atoms with E-state index in [1.807, 2.05) is 0 Å². The molecule has 2 atom stereocenters. The third kappa shape index (κ3) is 1.24. The normalized spacial score (nSPS) is 36.1. The summed E-state index contributed by atoms with van der Waals surface area (Å²) in [6.07, 6.45) is 3.52. The highest BCUT2D eigenvalue weighted by atomic mass is 14.9. The van der Waals surface area contributed by atoms with Gasteiger partial charge in [0.05, 0.1) is 0 Å². The molecule has 1 rings (SSSR count). The van der Waals surface area contributed by atoms with Gasteiger partial charge in [-0.05, 0) is 25.8 Å². The van der Waals surface area contributed by atoms with E-state index in [2.05, 4.69) is 32.2 Å². The topological polar surface area (TPSA) is 12.0 Å². The Morgan fingerprint density at radius 1 is 1.70 bits per heavy atom. The Hall–Kier alpha value is -0.300. The second kappa shape index (κ2) is 3.20. The van der Waals surface area contributed by atoms with Crippen LogP contribution in [0.5, 0.6) is 0 Å². The molecule has 1 N–H and O–H groups in total. The van der Waals surface area contributed by atoms with Crippen LogP contribution in [-0.2, 0) is 0 Å². The van der Waals surface area contributed by atoms with Gasteiger partial charge in [-0.2, -0.15) is 0 Å². The maximum Gasteiger partial charge on any atom is 0.0167 e. The van der Waals surface area contributed by atoms with Gasteiger partial charge in [-0.15, -0.1) is 0 Å². The first-order chi connectivity index (χ1) is 4.79. The highest BCUT2D eigenvalue weighted by molar-refractivity contribution is 5.19. The zero-order valence-corrected chi connectivity index (χ0v) is 7.15. The van der Waals surface area contributed by atoms with Crippen LogP contribution in [0.15, 0.2) is 11.6 Å². The van der Waals surface area contributed by atoms with Crippen molar-refractivity contribution in [1.82, 2.24) is 5.32 Å². The largest absolute Gasteiger partial charge is 0.313 e. The van der Waals surface area contributed by atoms with Gasteiger partial charge in [-0.25, -0.2) is 0 Å². The summed E-state index contributed by atoms with van der Waals surface area (Å²) in [4.78, 5) is 0. The zero-order chi connectivity index (χ0) is 7.56. The standard InChI is InChI=1S/C9H17N/c1-4-8-6-9(7(8)3)10-5-2/h4,7,9-10H,5-6H2,1-3H3/b8-4-. The average molecular weight is 139 g/mol. The fraction of sp³-hybridized carbons (Fsp3) is 0.778. The molecule has 0 aromatic carbocycles. The molecule has 0 bridgehead atoms. The van der Waals surface area contributed by atoms with E-state index < -0.39 is 0 Å². The maximum absolute atomic E-state index is 3.46. The smallest absolute Gasteiger partial charge is 0.0167 e. The van der Waals surface area contributed by atoms with Crippen molar-refractivity contribution in [3.8, 4) is 0 Å². The van der Waals surface area contributed by atoms with Gasteiger partial charge in [-0.3, -0.25) is 0 Å². The van der Waals surface area contributed by atoms with Gasteiger partial charge in [0, 0.05) is 6.04 Å². The van der Waals surface area contributed by atoms with E-state index >= 15 is 0 Å². The zero-order valence-electron chi connectivity index (χ0n) is 7.15. The molecule has 1 saturated carbocycles. The number of rotatable bonds is 2. The fourth-order valence-electron chi connectivity index (χ4n) is 1.61. The molecule has 2 unspecified atom stereocenters. The lowest BCUT2D eigenvalue weighted by molar-refractivity contribution is 0.329. The Bertz CT molecular complexity index is 138. The van der Waals surface area contributed by atoms with Gasteiger partial charge >= 0.3 is 0 Å². The van der Waals surface area contributed by atoms with E-state index in [0.29, 0.717) is 0 Å². The predicted octanol–water partition coefficient (Wildman–Crippen LogP) is 1.95. The van der Waals surface area contributed by atoms with Gasteiger partial charge in [0.25, 0.3) is 0 Å². The molecule has 0 amide bonds. The predicted molar refractivity (Wildman–Crippen MR) is 45.0 cm³/mol. The van der Waals surface area contributed by atoms with Gasteiger partial charge in [0.1, 0.15) is 0 Å². The van der Waals surface area contributed by atoms with Crippen LogP contribution in [0.4, 0.5) is 0 Å². The van der Waals surface area contributed by atoms with Crippen LogP contribution in [0.3, 0.4) is 0 Å². The lowest BCUT2D eigenvalue weighted by atomic mass is 9.75. The first-order valence-electron chi connectivity index (χ1n) is 4.18. The summed E-state index contributed by atoms with van der Waals surface area (Å²) in [5, 5.41) is 3.46. The summed E-state index contributed by atoms with van der Waals surface area (Å²) in [5.41, 5.74) is 1.62. The Kier molecular flexibility index (Phi) is 2.50. The van der Waals surface area contributed by atoms with E-state index in [0.717, 1.165) is 18.5 Å². The molecule has 10 heavy (non-hydrogen) atoms. The van der Waals surface area contributed by atoms with Crippen LogP contribution in [0.2, 0.25) is 0 Å². The van der Waals surface area contributed by atoms with Crippen molar-refractivity contribution in [1.29, 1.82) is 0 Å². The van der Waals surface area contributed by atoms with Gasteiger partial charge in [0.15, 0.2) is 0 Å². The summed E-state index contributed by atoms with van der Waals surface area (Å²) < 4.78 is 0. The molecule has 1 heteroatoms. The van der Waals surface area contributed by atoms with Crippen LogP contribution in [0.1, 0.15) is 27.2 Å². The molecule has 0 aromatic heterocycles. The summed E-state index contributed by atoms with van der Waals surface area (Å²) in [6.45, 7) is 7.70. The molecule has 0 saturated heterocycles. The van der Waals surface area contributed by atoms with Crippen LogP contribution < -0.4 is 5.32 Å². The molecule has 0 heterocycles. The Morgan fingerprint density at radius 2 is 2.40 bits per heavy atom. The van der Waals surface area contributed by atoms with Gasteiger partial charge in [-0.1, -0.05) is 25.5 Å².